The van der Waals surface area contributed by atoms with Crippen LogP contribution in [0, 0.1) is 0 Å². The van der Waals surface area contributed by atoms with Gasteiger partial charge in [-0.25, -0.2) is 0 Å². The van der Waals surface area contributed by atoms with Crippen molar-refractivity contribution in [1.82, 2.24) is 4.57 Å². The van der Waals surface area contributed by atoms with Crippen molar-refractivity contribution in [2.45, 2.75) is 5.41 Å². The molecule has 2 heteroatoms. The van der Waals surface area contributed by atoms with Gasteiger partial charge in [0.1, 0.15) is 0 Å². The van der Waals surface area contributed by atoms with Crippen LogP contribution in [-0.2, 0) is 5.41 Å². The van der Waals surface area contributed by atoms with Gasteiger partial charge in [-0.1, -0.05) is 224 Å². The summed E-state index contributed by atoms with van der Waals surface area (Å²) < 4.78 is 2.49. The van der Waals surface area contributed by atoms with E-state index < -0.39 is 5.41 Å². The van der Waals surface area contributed by atoms with Gasteiger partial charge >= 0.3 is 0 Å². The lowest BCUT2D eigenvalue weighted by molar-refractivity contribution is 0.794. The molecule has 2 aliphatic carbocycles. The fraction of sp³-hybridized carbons (Fsp3) is 0.0137. The van der Waals surface area contributed by atoms with E-state index in [2.05, 4.69) is 289 Å². The van der Waals surface area contributed by atoms with Gasteiger partial charge < -0.3 is 9.47 Å². The Kier molecular flexibility index (Phi) is 8.99. The molecule has 1 heterocycles. The van der Waals surface area contributed by atoms with Gasteiger partial charge in [-0.3, -0.25) is 0 Å². The zero-order valence-electron chi connectivity index (χ0n) is 41.0. The molecule has 2 nitrogen and oxygen atoms in total. The molecule has 0 bridgehead atoms. The second-order valence-corrected chi connectivity index (χ2v) is 20.3. The smallest absolute Gasteiger partial charge is 0.0726 e. The van der Waals surface area contributed by atoms with E-state index in [0.29, 0.717) is 0 Å². The molecule has 1 aromatic heterocycles. The van der Waals surface area contributed by atoms with Crippen molar-refractivity contribution in [2.75, 3.05) is 4.90 Å². The molecule has 14 aromatic rings. The fourth-order valence-electron chi connectivity index (χ4n) is 13.5. The van der Waals surface area contributed by atoms with Crippen LogP contribution < -0.4 is 4.90 Å². The van der Waals surface area contributed by atoms with Crippen molar-refractivity contribution in [3.05, 3.63) is 301 Å². The van der Waals surface area contributed by atoms with Crippen LogP contribution in [-0.4, -0.2) is 4.57 Å². The topological polar surface area (TPSA) is 8.17 Å². The number of fused-ring (bicyclic) bond motifs is 19. The lowest BCUT2D eigenvalue weighted by Gasteiger charge is -2.33. The largest absolute Gasteiger partial charge is 0.310 e. The van der Waals surface area contributed by atoms with E-state index in [0.717, 1.165) is 28.3 Å². The van der Waals surface area contributed by atoms with Crippen LogP contribution in [0.3, 0.4) is 0 Å². The van der Waals surface area contributed by atoms with Gasteiger partial charge in [0.15, 0.2) is 0 Å². The van der Waals surface area contributed by atoms with Crippen molar-refractivity contribution in [3.63, 3.8) is 0 Å². The average Bonchev–Trinajstić information content (AvgIpc) is 4.10. The summed E-state index contributed by atoms with van der Waals surface area (Å²) in [6, 6.07) is 104. The number of para-hydroxylation sites is 3. The van der Waals surface area contributed by atoms with Gasteiger partial charge in [0.2, 0.25) is 0 Å². The van der Waals surface area contributed by atoms with Crippen LogP contribution in [0.2, 0.25) is 0 Å². The molecule has 348 valence electrons. The van der Waals surface area contributed by atoms with Crippen molar-refractivity contribution < 1.29 is 0 Å². The van der Waals surface area contributed by atoms with E-state index in [1.54, 1.807) is 0 Å². The maximum Gasteiger partial charge on any atom is 0.0726 e. The van der Waals surface area contributed by atoms with E-state index in [1.165, 1.54) is 115 Å². The molecule has 0 fully saturated rings. The molecule has 2 aliphatic rings. The third-order valence-corrected chi connectivity index (χ3v) is 16.6. The molecule has 0 amide bonds. The fourth-order valence-corrected chi connectivity index (χ4v) is 13.5. The lowest BCUT2D eigenvalue weighted by atomic mass is 9.70. The summed E-state index contributed by atoms with van der Waals surface area (Å²) in [6.45, 7) is 0. The Balaban J connectivity index is 1.07. The molecule has 0 saturated carbocycles. The molecule has 1 spiro atoms. The van der Waals surface area contributed by atoms with Gasteiger partial charge in [-0.05, 0) is 143 Å². The Hall–Kier alpha value is -9.76. The molecular weight excluding hydrogens is 905 g/mol. The quantitative estimate of drug-likeness (QED) is 0.151. The Bertz CT molecular complexity index is 4560. The maximum absolute atomic E-state index is 2.59. The second-order valence-electron chi connectivity index (χ2n) is 20.3. The molecule has 0 radical (unpaired) electrons. The Morgan fingerprint density at radius 1 is 0.267 bits per heavy atom. The SMILES string of the molecule is c1ccc(-c2ccc(N(c3ccc4c5ccccc5c5ccccc5c4c3)c3cc4c(cc3-c3cccc5c6ccccc6n(-c6ccccc6)c35)-c3ccccc3C43c4ccccc4-c4ccccc43)cc2)cc1. The first-order valence-corrected chi connectivity index (χ1v) is 26.1. The minimum absolute atomic E-state index is 0.557. The van der Waals surface area contributed by atoms with Crippen molar-refractivity contribution in [1.29, 1.82) is 0 Å². The third-order valence-electron chi connectivity index (χ3n) is 16.6. The molecular formula is C73H46N2. The molecule has 16 rings (SSSR count). The summed E-state index contributed by atoms with van der Waals surface area (Å²) in [4.78, 5) is 2.56. The van der Waals surface area contributed by atoms with E-state index >= 15 is 0 Å². The maximum atomic E-state index is 2.59. The monoisotopic (exact) mass is 950 g/mol. The van der Waals surface area contributed by atoms with Crippen LogP contribution in [0.5, 0.6) is 0 Å². The number of nitrogens with zero attached hydrogens (tertiary/aromatic N) is 2. The Morgan fingerprint density at radius 3 is 1.37 bits per heavy atom. The van der Waals surface area contributed by atoms with Crippen LogP contribution in [0.25, 0.3) is 104 Å². The zero-order valence-corrected chi connectivity index (χ0v) is 41.0. The summed E-state index contributed by atoms with van der Waals surface area (Å²) >= 11 is 0. The van der Waals surface area contributed by atoms with Crippen molar-refractivity contribution in [3.8, 4) is 50.2 Å². The van der Waals surface area contributed by atoms with Crippen LogP contribution >= 0.6 is 0 Å². The summed E-state index contributed by atoms with van der Waals surface area (Å²) in [6.07, 6.45) is 0. The Morgan fingerprint density at radius 2 is 0.733 bits per heavy atom. The standard InChI is InChI=1S/C73H46N2/c1-3-20-47(21-4-1)48-38-40-50(41-39-48)74(51-42-43-56-54-26-8-7-24-52(54)53-25-9-10-27-55(53)63(56)44-51)71-46-69-64(59-30-13-17-36-68(59)73(69)66-34-15-11-28-57(66)58-29-12-16-35-67(58)73)45-65(71)62-33-19-32-61-60-31-14-18-37-70(60)75(72(61)62)49-22-5-2-6-23-49/h1-46H. The third kappa shape index (κ3) is 5.91. The summed E-state index contributed by atoms with van der Waals surface area (Å²) in [5, 5.41) is 9.94. The average molecular weight is 951 g/mol. The molecule has 0 saturated heterocycles. The molecule has 0 aliphatic heterocycles. The summed E-state index contributed by atoms with van der Waals surface area (Å²) in [5.74, 6) is 0. The van der Waals surface area contributed by atoms with Gasteiger partial charge in [-0.2, -0.15) is 0 Å². The predicted molar refractivity (Wildman–Crippen MR) is 315 cm³/mol. The highest BCUT2D eigenvalue weighted by Gasteiger charge is 2.52. The van der Waals surface area contributed by atoms with E-state index in [9.17, 15) is 0 Å². The number of aromatic nitrogens is 1. The number of benzene rings is 13. The van der Waals surface area contributed by atoms with Crippen molar-refractivity contribution >= 4 is 71.2 Å². The molecule has 0 N–H and O–H groups in total. The lowest BCUT2D eigenvalue weighted by Crippen LogP contribution is -2.26. The highest BCUT2D eigenvalue weighted by Crippen LogP contribution is 2.64. The molecule has 13 aromatic carbocycles. The van der Waals surface area contributed by atoms with Crippen molar-refractivity contribution in [2.24, 2.45) is 0 Å². The van der Waals surface area contributed by atoms with Crippen LogP contribution in [0.4, 0.5) is 17.1 Å². The number of hydrogen-bond acceptors (Lipinski definition) is 1. The highest BCUT2D eigenvalue weighted by molar-refractivity contribution is 6.26. The van der Waals surface area contributed by atoms with Gasteiger partial charge in [0.05, 0.1) is 22.1 Å². The zero-order chi connectivity index (χ0) is 49.2. The number of hydrogen-bond donors (Lipinski definition) is 0. The number of anilines is 3. The Labute approximate surface area is 435 Å². The minimum atomic E-state index is -0.557. The van der Waals surface area contributed by atoms with Gasteiger partial charge in [-0.15, -0.1) is 0 Å². The predicted octanol–water partition coefficient (Wildman–Crippen LogP) is 19.4. The van der Waals surface area contributed by atoms with Crippen LogP contribution in [0.15, 0.2) is 279 Å². The molecule has 0 atom stereocenters. The van der Waals surface area contributed by atoms with Gasteiger partial charge in [0, 0.05) is 39.0 Å². The van der Waals surface area contributed by atoms with Gasteiger partial charge in [0.25, 0.3) is 0 Å². The molecule has 0 unspecified atom stereocenters. The summed E-state index contributed by atoms with van der Waals surface area (Å²) in [7, 11) is 0. The first kappa shape index (κ1) is 41.8. The number of rotatable bonds is 6. The van der Waals surface area contributed by atoms with E-state index in [-0.39, 0.29) is 0 Å². The first-order chi connectivity index (χ1) is 37.2. The van der Waals surface area contributed by atoms with E-state index in [1.807, 2.05) is 0 Å². The summed E-state index contributed by atoms with van der Waals surface area (Å²) in [5.41, 5.74) is 21.3. The second kappa shape index (κ2) is 16.1. The molecule has 75 heavy (non-hydrogen) atoms. The minimum Gasteiger partial charge on any atom is -0.310 e. The highest BCUT2D eigenvalue weighted by atomic mass is 15.1. The van der Waals surface area contributed by atoms with E-state index in [4.69, 9.17) is 0 Å². The van der Waals surface area contributed by atoms with Crippen LogP contribution in [0.1, 0.15) is 22.3 Å². The first-order valence-electron chi connectivity index (χ1n) is 26.1. The normalized spacial score (nSPS) is 12.9.